The van der Waals surface area contributed by atoms with E-state index in [1.54, 1.807) is 31.2 Å². The number of fused-ring (bicyclic) bond motifs is 7. The predicted octanol–water partition coefficient (Wildman–Crippen LogP) is 2.70. The number of carbonyl (C=O) groups is 1. The zero-order valence-electron chi connectivity index (χ0n) is 44.0. The van der Waals surface area contributed by atoms with E-state index in [1.807, 2.05) is 0 Å². The van der Waals surface area contributed by atoms with Crippen LogP contribution < -0.4 is 10.1 Å². The lowest BCUT2D eigenvalue weighted by Crippen LogP contribution is -2.66. The van der Waals surface area contributed by atoms with Crippen LogP contribution in [0.3, 0.4) is 0 Å². The molecular weight excluding hydrogens is 963 g/mol. The molecule has 10 rings (SSSR count). The summed E-state index contributed by atoms with van der Waals surface area (Å²) in [4.78, 5) is 12.7. The van der Waals surface area contributed by atoms with Crippen LogP contribution >= 0.6 is 0 Å². The van der Waals surface area contributed by atoms with Gasteiger partial charge in [-0.1, -0.05) is 39.3 Å². The van der Waals surface area contributed by atoms with Crippen LogP contribution in [-0.4, -0.2) is 185 Å². The minimum Gasteiger partial charge on any atom is -0.497 e. The van der Waals surface area contributed by atoms with Crippen LogP contribution in [0.2, 0.25) is 0 Å². The van der Waals surface area contributed by atoms with Gasteiger partial charge in [-0.25, -0.2) is 0 Å². The summed E-state index contributed by atoms with van der Waals surface area (Å²) in [6.45, 7) is 12.9. The van der Waals surface area contributed by atoms with Crippen molar-refractivity contribution < 1.29 is 87.9 Å². The SMILES string of the molecule is COc1ccc(C(=O)NCCO[C@H]2[C@H](O)[C@H](O)[C@@H](O[C@H]3[C@H](O)[C@@H](O[C@H]4O[C@H](C)[C@@H](O)[C@H](O)[C@@H]4O)[C@H](O[C@H]4CC[C@@]5(C)C(=CC[C@H]6[C@@H]7C[C@@H]8O[C@]9(CC[C@@H](C)CO9)[C@@H](C)[C@@H]8[C@@]7(C)CC[C@@H]65)C4)O[C@@H]3CO)O[C@@H]2C)cc1. The van der Waals surface area contributed by atoms with E-state index in [1.165, 1.54) is 19.6 Å². The van der Waals surface area contributed by atoms with E-state index in [0.29, 0.717) is 59.7 Å². The minimum absolute atomic E-state index is 0.0255. The smallest absolute Gasteiger partial charge is 0.251 e. The molecule has 416 valence electrons. The first-order valence-corrected chi connectivity index (χ1v) is 27.5. The van der Waals surface area contributed by atoms with E-state index < -0.39 is 105 Å². The summed E-state index contributed by atoms with van der Waals surface area (Å²) >= 11 is 0. The Bertz CT molecular complexity index is 2130. The van der Waals surface area contributed by atoms with Crippen LogP contribution in [0.1, 0.15) is 110 Å². The molecule has 19 nitrogen and oxygen atoms in total. The van der Waals surface area contributed by atoms with Gasteiger partial charge in [-0.3, -0.25) is 4.79 Å². The number of ether oxygens (including phenoxy) is 10. The average molecular weight is 1050 g/mol. The van der Waals surface area contributed by atoms with Crippen LogP contribution in [0.25, 0.3) is 0 Å². The second kappa shape index (κ2) is 21.7. The fourth-order valence-electron chi connectivity index (χ4n) is 15.4. The van der Waals surface area contributed by atoms with E-state index in [9.17, 15) is 40.5 Å². The minimum atomic E-state index is -1.73. The van der Waals surface area contributed by atoms with Crippen molar-refractivity contribution in [2.45, 2.75) is 209 Å². The third kappa shape index (κ3) is 9.82. The average Bonchev–Trinajstić information content (AvgIpc) is 3.88. The lowest BCUT2D eigenvalue weighted by atomic mass is 9.47. The summed E-state index contributed by atoms with van der Waals surface area (Å²) in [5.41, 5.74) is 1.90. The molecule has 5 aliphatic heterocycles. The molecular formula is C55H83NO18. The van der Waals surface area contributed by atoms with Crippen LogP contribution in [0.5, 0.6) is 5.75 Å². The molecule has 1 aromatic rings. The Morgan fingerprint density at radius 2 is 1.47 bits per heavy atom. The van der Waals surface area contributed by atoms with Crippen molar-refractivity contribution in [3.8, 4) is 5.75 Å². The second-order valence-electron chi connectivity index (χ2n) is 23.9. The molecule has 0 unspecified atom stereocenters. The van der Waals surface area contributed by atoms with E-state index >= 15 is 0 Å². The number of rotatable bonds is 13. The number of hydrogen-bond donors (Lipinski definition) is 8. The Balaban J connectivity index is 0.802. The van der Waals surface area contributed by atoms with Gasteiger partial charge in [0.05, 0.1) is 51.3 Å². The van der Waals surface area contributed by atoms with Gasteiger partial charge in [0.15, 0.2) is 24.7 Å². The predicted molar refractivity (Wildman–Crippen MR) is 262 cm³/mol. The van der Waals surface area contributed by atoms with Crippen LogP contribution in [-0.2, 0) is 42.6 Å². The summed E-state index contributed by atoms with van der Waals surface area (Å²) in [6, 6.07) is 6.59. The van der Waals surface area contributed by atoms with Crippen molar-refractivity contribution in [1.82, 2.24) is 5.32 Å². The third-order valence-electron chi connectivity index (χ3n) is 19.7. The first-order chi connectivity index (χ1) is 35.3. The summed E-state index contributed by atoms with van der Waals surface area (Å²) in [5, 5.41) is 80.8. The lowest BCUT2D eigenvalue weighted by molar-refractivity contribution is -0.389. The lowest BCUT2D eigenvalue weighted by Gasteiger charge is -2.58. The van der Waals surface area contributed by atoms with Crippen molar-refractivity contribution in [3.05, 3.63) is 41.5 Å². The van der Waals surface area contributed by atoms with E-state index in [2.05, 4.69) is 39.1 Å². The highest BCUT2D eigenvalue weighted by Crippen LogP contribution is 2.70. The monoisotopic (exact) mass is 1050 g/mol. The van der Waals surface area contributed by atoms with Crippen LogP contribution in [0, 0.1) is 46.3 Å². The van der Waals surface area contributed by atoms with E-state index in [0.717, 1.165) is 51.6 Å². The molecule has 5 heterocycles. The molecule has 74 heavy (non-hydrogen) atoms. The van der Waals surface area contributed by atoms with Crippen molar-refractivity contribution >= 4 is 5.91 Å². The highest BCUT2D eigenvalue weighted by Gasteiger charge is 2.69. The Hall–Kier alpha value is -2.41. The Morgan fingerprint density at radius 1 is 0.757 bits per heavy atom. The molecule has 8 N–H and O–H groups in total. The standard InChI is InChI=1S/C55H83NO18/c1-26-14-19-55(67-25-26)27(2)39-37(74-55)23-36-34-13-10-31-22-33(15-17-53(31,5)35(34)16-18-54(36,39)6)70-52-48(73-50-43(61)41(59)40(58)28(3)68-50)45(63)47(38(24-57)71-52)72-51-44(62)42(60)46(29(4)69-51)66-21-20-56-49(64)30-8-11-32(65-7)12-9-30/h8-12,26-29,33-48,50-52,57-63H,13-25H2,1-7H3,(H,56,64)/t26-,27+,28-,29-,33+,34-,35+,36+,37+,38-,39+,40-,41+,42-,43+,44+,45+,46-,47-,48-,50-,51-,52-,53+,54+,55-/m1/s1. The maximum atomic E-state index is 12.7. The van der Waals surface area contributed by atoms with Gasteiger partial charge in [-0.2, -0.15) is 0 Å². The number of allylic oxidation sites excluding steroid dienone is 1. The van der Waals surface area contributed by atoms with Gasteiger partial charge in [0.25, 0.3) is 5.91 Å². The van der Waals surface area contributed by atoms with Gasteiger partial charge < -0.3 is 88.4 Å². The van der Waals surface area contributed by atoms with Gasteiger partial charge in [0.1, 0.15) is 66.8 Å². The number of aliphatic hydroxyl groups is 7. The topological polar surface area (TPSA) is 263 Å². The molecule has 9 aliphatic rings. The van der Waals surface area contributed by atoms with E-state index in [4.69, 9.17) is 47.4 Å². The Morgan fingerprint density at radius 3 is 2.18 bits per heavy atom. The summed E-state index contributed by atoms with van der Waals surface area (Å²) < 4.78 is 62.2. The molecule has 19 heteroatoms. The van der Waals surface area contributed by atoms with Gasteiger partial charge in [0.2, 0.25) is 0 Å². The van der Waals surface area contributed by atoms with Crippen molar-refractivity contribution in [3.63, 3.8) is 0 Å². The zero-order chi connectivity index (χ0) is 52.6. The number of hydrogen-bond acceptors (Lipinski definition) is 18. The fourth-order valence-corrected chi connectivity index (χ4v) is 15.4. The van der Waals surface area contributed by atoms with Crippen LogP contribution in [0.4, 0.5) is 0 Å². The molecule has 5 saturated heterocycles. The van der Waals surface area contributed by atoms with Crippen LogP contribution in [0.15, 0.2) is 35.9 Å². The number of carbonyl (C=O) groups excluding carboxylic acids is 1. The molecule has 26 atom stereocenters. The number of methoxy groups -OCH3 is 1. The summed E-state index contributed by atoms with van der Waals surface area (Å²) in [7, 11) is 1.53. The number of benzene rings is 1. The molecule has 1 aromatic carbocycles. The molecule has 3 saturated carbocycles. The number of nitrogens with one attached hydrogen (secondary N) is 1. The molecule has 1 amide bonds. The van der Waals surface area contributed by atoms with Crippen molar-refractivity contribution in [1.29, 1.82) is 0 Å². The molecule has 4 aliphatic carbocycles. The molecule has 0 bridgehead atoms. The molecule has 1 spiro atoms. The maximum absolute atomic E-state index is 12.7. The number of aliphatic hydroxyl groups excluding tert-OH is 7. The third-order valence-corrected chi connectivity index (χ3v) is 19.7. The first kappa shape index (κ1) is 54.9. The van der Waals surface area contributed by atoms with Gasteiger partial charge in [-0.05, 0) is 130 Å². The highest BCUT2D eigenvalue weighted by atomic mass is 16.8. The Kier molecular flexibility index (Phi) is 16.1. The molecule has 0 aromatic heterocycles. The van der Waals surface area contributed by atoms with Gasteiger partial charge in [0, 0.05) is 24.4 Å². The largest absolute Gasteiger partial charge is 0.497 e. The fraction of sp³-hybridized carbons (Fsp3) is 0.836. The highest BCUT2D eigenvalue weighted by molar-refractivity contribution is 5.94. The summed E-state index contributed by atoms with van der Waals surface area (Å²) in [6.07, 6.45) is -10.3. The first-order valence-electron chi connectivity index (χ1n) is 27.5. The Labute approximate surface area is 434 Å². The van der Waals surface area contributed by atoms with Gasteiger partial charge >= 0.3 is 0 Å². The molecule has 8 fully saturated rings. The van der Waals surface area contributed by atoms with Crippen molar-refractivity contribution in [2.75, 3.05) is 33.5 Å². The summed E-state index contributed by atoms with van der Waals surface area (Å²) in [5.74, 6) is 2.81. The number of amides is 1. The van der Waals surface area contributed by atoms with Gasteiger partial charge in [-0.15, -0.1) is 0 Å². The van der Waals surface area contributed by atoms with E-state index in [-0.39, 0.29) is 42.1 Å². The quantitative estimate of drug-likeness (QED) is 0.104. The maximum Gasteiger partial charge on any atom is 0.251 e. The normalized spacial score (nSPS) is 50.0. The molecule has 0 radical (unpaired) electrons. The second-order valence-corrected chi connectivity index (χ2v) is 23.9. The van der Waals surface area contributed by atoms with Crippen molar-refractivity contribution in [2.24, 2.45) is 46.3 Å². The zero-order valence-corrected chi connectivity index (χ0v) is 44.0.